The SMILES string of the molecule is C#CCN(C[C@@H]1[C@@H](OC(=O)NCc2ccccc2F)[C@@H](OC(=O)NCc2ccccc2F)Cn2c(=O)ccc(=O)n21)S(=O)(=O)c1ccc(C)cc1. The third-order valence-corrected chi connectivity index (χ3v) is 9.93. The summed E-state index contributed by atoms with van der Waals surface area (Å²) in [6.07, 6.45) is 0.200. The van der Waals surface area contributed by atoms with Crippen molar-refractivity contribution in [1.29, 1.82) is 0 Å². The number of hydrogen-bond acceptors (Lipinski definition) is 8. The van der Waals surface area contributed by atoms with Gasteiger partial charge in [0.25, 0.3) is 11.1 Å². The van der Waals surface area contributed by atoms with Gasteiger partial charge in [0.05, 0.1) is 18.0 Å². The van der Waals surface area contributed by atoms with Crippen molar-refractivity contribution in [2.45, 2.75) is 49.7 Å². The minimum absolute atomic E-state index is 0.118. The summed E-state index contributed by atoms with van der Waals surface area (Å²) in [6.45, 7) is -0.491. The Morgan fingerprint density at radius 1 is 0.863 bits per heavy atom. The second kappa shape index (κ2) is 15.8. The molecule has 0 unspecified atom stereocenters. The Morgan fingerprint density at radius 3 is 1.98 bits per heavy atom. The maximum absolute atomic E-state index is 14.3. The van der Waals surface area contributed by atoms with Gasteiger partial charge in [-0.1, -0.05) is 60.0 Å². The van der Waals surface area contributed by atoms with Crippen LogP contribution >= 0.6 is 0 Å². The number of nitrogens with zero attached hydrogens (tertiary/aromatic N) is 3. The third kappa shape index (κ3) is 8.51. The largest absolute Gasteiger partial charge is 0.440 e. The van der Waals surface area contributed by atoms with Gasteiger partial charge < -0.3 is 20.1 Å². The quantitative estimate of drug-likeness (QED) is 0.224. The van der Waals surface area contributed by atoms with Crippen molar-refractivity contribution in [2.24, 2.45) is 0 Å². The molecule has 1 aliphatic heterocycles. The van der Waals surface area contributed by atoms with Crippen LogP contribution in [0.4, 0.5) is 18.4 Å². The van der Waals surface area contributed by atoms with Crippen LogP contribution in [0.25, 0.3) is 0 Å². The molecule has 0 bridgehead atoms. The first-order valence-electron chi connectivity index (χ1n) is 15.6. The molecule has 0 radical (unpaired) electrons. The number of carbonyl (C=O) groups excluding carboxylic acids is 2. The number of benzene rings is 3. The van der Waals surface area contributed by atoms with Gasteiger partial charge >= 0.3 is 12.2 Å². The second-order valence-electron chi connectivity index (χ2n) is 11.5. The number of sulfonamides is 1. The van der Waals surface area contributed by atoms with E-state index in [1.54, 1.807) is 31.2 Å². The van der Waals surface area contributed by atoms with E-state index in [2.05, 4.69) is 16.6 Å². The Bertz CT molecular complexity index is 2180. The number of halogens is 2. The molecule has 1 aromatic heterocycles. The van der Waals surface area contributed by atoms with E-state index in [1.807, 2.05) is 0 Å². The molecule has 0 aliphatic carbocycles. The highest BCUT2D eigenvalue weighted by Gasteiger charge is 2.45. The summed E-state index contributed by atoms with van der Waals surface area (Å²) in [5.41, 5.74) is -0.445. The summed E-state index contributed by atoms with van der Waals surface area (Å²) in [6, 6.07) is 17.7. The molecule has 3 atom stereocenters. The molecule has 0 fully saturated rings. The molecule has 2 N–H and O–H groups in total. The van der Waals surface area contributed by atoms with E-state index >= 15 is 0 Å². The smallest absolute Gasteiger partial charge is 0.407 e. The topological polar surface area (TPSA) is 158 Å². The molecule has 5 rings (SSSR count). The maximum atomic E-state index is 14.3. The lowest BCUT2D eigenvalue weighted by Gasteiger charge is -2.40. The molecule has 4 aromatic rings. The number of aromatic nitrogens is 2. The lowest BCUT2D eigenvalue weighted by atomic mass is 10.0. The average Bonchev–Trinajstić information content (AvgIpc) is 3.10. The Labute approximate surface area is 291 Å². The highest BCUT2D eigenvalue weighted by atomic mass is 32.2. The zero-order valence-electron chi connectivity index (χ0n) is 27.2. The Morgan fingerprint density at radius 2 is 1.41 bits per heavy atom. The molecule has 13 nitrogen and oxygen atoms in total. The minimum atomic E-state index is -4.36. The van der Waals surface area contributed by atoms with Crippen molar-refractivity contribution in [2.75, 3.05) is 13.1 Å². The normalized spacial score (nSPS) is 16.8. The first-order chi connectivity index (χ1) is 24.4. The van der Waals surface area contributed by atoms with Crippen LogP contribution in [0.2, 0.25) is 0 Å². The number of ether oxygens (including phenoxy) is 2. The van der Waals surface area contributed by atoms with Crippen molar-refractivity contribution in [3.8, 4) is 12.3 Å². The number of amides is 2. The molecule has 2 heterocycles. The predicted molar refractivity (Wildman–Crippen MR) is 180 cm³/mol. The molecule has 0 saturated carbocycles. The number of rotatable bonds is 11. The van der Waals surface area contributed by atoms with Crippen LogP contribution in [0, 0.1) is 30.9 Å². The van der Waals surface area contributed by atoms with Crippen LogP contribution in [0.3, 0.4) is 0 Å². The van der Waals surface area contributed by atoms with Gasteiger partial charge in [-0.05, 0) is 31.2 Å². The third-order valence-electron chi connectivity index (χ3n) is 8.10. The zero-order chi connectivity index (χ0) is 36.7. The molecule has 1 aliphatic rings. The van der Waals surface area contributed by atoms with E-state index in [9.17, 15) is 36.4 Å². The zero-order valence-corrected chi connectivity index (χ0v) is 28.0. The van der Waals surface area contributed by atoms with Crippen LogP contribution in [-0.2, 0) is 39.1 Å². The van der Waals surface area contributed by atoms with Gasteiger partial charge in [-0.25, -0.2) is 36.2 Å². The van der Waals surface area contributed by atoms with Gasteiger partial charge in [0.1, 0.15) is 17.7 Å². The Hall–Kier alpha value is -5.79. The van der Waals surface area contributed by atoms with E-state index in [4.69, 9.17) is 15.9 Å². The number of alkyl carbamates (subject to hydrolysis) is 2. The highest BCUT2D eigenvalue weighted by Crippen LogP contribution is 2.28. The summed E-state index contributed by atoms with van der Waals surface area (Å²) in [7, 11) is -4.36. The van der Waals surface area contributed by atoms with Gasteiger partial charge in [-0.15, -0.1) is 6.42 Å². The Kier molecular flexibility index (Phi) is 11.3. The van der Waals surface area contributed by atoms with Crippen molar-refractivity contribution >= 4 is 22.2 Å². The standard InChI is InChI=1S/C35H33F2N5O8S/c1-3-18-40(51(47,48)26-14-12-23(2)13-15-26)21-29-33(50-35(46)39-20-25-9-5-7-11-28(25)37)30(22-41-31(43)16-17-32(44)42(29)41)49-34(45)38-19-24-8-4-6-10-27(24)36/h1,4-17,29-30,33H,18-22H2,2H3,(H,38,45)(H,39,46)/t29-,30+,33-/m1/s1. The molecular formula is C35H33F2N5O8S. The summed E-state index contributed by atoms with van der Waals surface area (Å²) < 4.78 is 70.4. The molecular weight excluding hydrogens is 688 g/mol. The summed E-state index contributed by atoms with van der Waals surface area (Å²) >= 11 is 0. The number of aryl methyl sites for hydroxylation is 1. The van der Waals surface area contributed by atoms with E-state index in [-0.39, 0.29) is 29.1 Å². The lowest BCUT2D eigenvalue weighted by Crippen LogP contribution is -2.59. The highest BCUT2D eigenvalue weighted by molar-refractivity contribution is 7.89. The summed E-state index contributed by atoms with van der Waals surface area (Å²) in [5, 5.41) is 4.81. The first-order valence-corrected chi connectivity index (χ1v) is 17.0. The first kappa shape index (κ1) is 36.5. The van der Waals surface area contributed by atoms with E-state index in [1.165, 1.54) is 48.5 Å². The van der Waals surface area contributed by atoms with Gasteiger partial charge in [0.2, 0.25) is 10.0 Å². The number of carbonyl (C=O) groups is 2. The fraction of sp³-hybridized carbons (Fsp3) is 0.257. The van der Waals surface area contributed by atoms with Gasteiger partial charge in [-0.3, -0.25) is 9.59 Å². The fourth-order valence-corrected chi connectivity index (χ4v) is 6.90. The molecule has 0 saturated heterocycles. The van der Waals surface area contributed by atoms with Crippen molar-refractivity contribution < 1.29 is 36.3 Å². The number of fused-ring (bicyclic) bond motifs is 1. The molecule has 3 aromatic carbocycles. The number of nitrogens with one attached hydrogen (secondary N) is 2. The molecule has 0 spiro atoms. The minimum Gasteiger partial charge on any atom is -0.440 e. The van der Waals surface area contributed by atoms with Crippen LogP contribution < -0.4 is 21.8 Å². The maximum Gasteiger partial charge on any atom is 0.407 e. The van der Waals surface area contributed by atoms with Crippen LogP contribution in [0.5, 0.6) is 0 Å². The molecule has 51 heavy (non-hydrogen) atoms. The van der Waals surface area contributed by atoms with Gasteiger partial charge in [0, 0.05) is 42.9 Å². The van der Waals surface area contributed by atoms with Crippen molar-refractivity contribution in [3.63, 3.8) is 0 Å². The Balaban J connectivity index is 1.53. The monoisotopic (exact) mass is 721 g/mol. The molecule has 2 amide bonds. The van der Waals surface area contributed by atoms with Gasteiger partial charge in [0.15, 0.2) is 12.2 Å². The van der Waals surface area contributed by atoms with E-state index < -0.39 is 82.8 Å². The molecule has 16 heteroatoms. The van der Waals surface area contributed by atoms with Gasteiger partial charge in [-0.2, -0.15) is 4.31 Å². The van der Waals surface area contributed by atoms with Crippen LogP contribution in [0.1, 0.15) is 22.7 Å². The van der Waals surface area contributed by atoms with Crippen LogP contribution in [-0.4, -0.2) is 59.6 Å². The van der Waals surface area contributed by atoms with E-state index in [0.29, 0.717) is 0 Å². The predicted octanol–water partition coefficient (Wildman–Crippen LogP) is 3.07. The van der Waals surface area contributed by atoms with Crippen molar-refractivity contribution in [3.05, 3.63) is 134 Å². The van der Waals surface area contributed by atoms with Crippen molar-refractivity contribution in [1.82, 2.24) is 24.3 Å². The second-order valence-corrected chi connectivity index (χ2v) is 13.5. The number of terminal acetylenes is 1. The summed E-state index contributed by atoms with van der Waals surface area (Å²) in [4.78, 5) is 52.7. The average molecular weight is 722 g/mol. The lowest BCUT2D eigenvalue weighted by molar-refractivity contribution is -0.0731. The van der Waals surface area contributed by atoms with Crippen LogP contribution in [0.15, 0.2) is 99.4 Å². The molecule has 266 valence electrons. The summed E-state index contributed by atoms with van der Waals surface area (Å²) in [5.74, 6) is 1.09. The van der Waals surface area contributed by atoms with E-state index in [0.717, 1.165) is 31.4 Å². The number of hydrogen-bond donors (Lipinski definition) is 2. The fourth-order valence-electron chi connectivity index (χ4n) is 5.53.